The summed E-state index contributed by atoms with van der Waals surface area (Å²) in [5.74, 6) is 1.34. The molecule has 0 amide bonds. The number of aliphatic hydroxyl groups is 2. The highest BCUT2D eigenvalue weighted by Gasteiger charge is 2.35. The molecule has 1 aliphatic heterocycles. The van der Waals surface area contributed by atoms with Gasteiger partial charge >= 0.3 is 6.18 Å². The third-order valence-corrected chi connectivity index (χ3v) is 8.71. The molecule has 0 bridgehead atoms. The first kappa shape index (κ1) is 29.0. The highest BCUT2D eigenvalue weighted by Crippen LogP contribution is 2.40. The molecule has 1 aromatic heterocycles. The fourth-order valence-corrected chi connectivity index (χ4v) is 6.26. The van der Waals surface area contributed by atoms with Gasteiger partial charge in [-0.15, -0.1) is 11.8 Å². The van der Waals surface area contributed by atoms with Gasteiger partial charge in [0.1, 0.15) is 5.75 Å². The molecule has 5 nitrogen and oxygen atoms in total. The molecule has 1 aliphatic rings. The number of piperidine rings is 1. The maximum atomic E-state index is 12.9. The van der Waals surface area contributed by atoms with Crippen molar-refractivity contribution in [3.63, 3.8) is 0 Å². The average molecular weight is 569 g/mol. The number of rotatable bonds is 10. The molecule has 0 aliphatic carbocycles. The van der Waals surface area contributed by atoms with Gasteiger partial charge in [-0.2, -0.15) is 13.2 Å². The van der Waals surface area contributed by atoms with E-state index >= 15 is 0 Å². The van der Waals surface area contributed by atoms with Crippen molar-refractivity contribution >= 4 is 34.3 Å². The number of fused-ring (bicyclic) bond motifs is 1. The second kappa shape index (κ2) is 12.4. The molecule has 206 valence electrons. The van der Waals surface area contributed by atoms with Crippen molar-refractivity contribution in [2.45, 2.75) is 42.9 Å². The van der Waals surface area contributed by atoms with Crippen LogP contribution in [0.1, 0.15) is 42.9 Å². The van der Waals surface area contributed by atoms with Crippen LogP contribution in [0.2, 0.25) is 5.02 Å². The number of hydrogen-bond donors (Lipinski definition) is 2. The molecule has 1 atom stereocenters. The zero-order valence-electron chi connectivity index (χ0n) is 21.2. The molecule has 4 rings (SSSR count). The van der Waals surface area contributed by atoms with Crippen molar-refractivity contribution in [1.29, 1.82) is 0 Å². The van der Waals surface area contributed by atoms with Crippen LogP contribution in [0.3, 0.4) is 0 Å². The van der Waals surface area contributed by atoms with Gasteiger partial charge in [0.15, 0.2) is 0 Å². The number of aliphatic hydroxyl groups excluding tert-OH is 2. The Bertz CT molecular complexity index is 1240. The number of hydrogen-bond acceptors (Lipinski definition) is 6. The zero-order valence-corrected chi connectivity index (χ0v) is 22.7. The molecule has 0 radical (unpaired) electrons. The number of alkyl halides is 3. The summed E-state index contributed by atoms with van der Waals surface area (Å²) in [6, 6.07) is 10.9. The maximum Gasteiger partial charge on any atom is 0.416 e. The van der Waals surface area contributed by atoms with Crippen LogP contribution in [0.15, 0.2) is 53.6 Å². The van der Waals surface area contributed by atoms with Gasteiger partial charge in [0.2, 0.25) is 0 Å². The van der Waals surface area contributed by atoms with Crippen LogP contribution in [-0.2, 0) is 6.18 Å². The Balaban J connectivity index is 1.31. The van der Waals surface area contributed by atoms with Crippen LogP contribution in [0.25, 0.3) is 10.9 Å². The minimum atomic E-state index is -4.34. The number of pyridine rings is 1. The summed E-state index contributed by atoms with van der Waals surface area (Å²) < 4.78 is 44.2. The smallest absolute Gasteiger partial charge is 0.416 e. The van der Waals surface area contributed by atoms with E-state index < -0.39 is 17.8 Å². The highest BCUT2D eigenvalue weighted by molar-refractivity contribution is 7.99. The summed E-state index contributed by atoms with van der Waals surface area (Å²) in [6.07, 6.45) is -0.958. The van der Waals surface area contributed by atoms with E-state index in [4.69, 9.17) is 16.3 Å². The lowest BCUT2D eigenvalue weighted by Crippen LogP contribution is -2.43. The summed E-state index contributed by atoms with van der Waals surface area (Å²) in [6.45, 7) is 2.36. The molecule has 3 aromatic rings. The topological polar surface area (TPSA) is 65.8 Å². The Morgan fingerprint density at radius 3 is 2.63 bits per heavy atom. The van der Waals surface area contributed by atoms with Crippen molar-refractivity contribution < 1.29 is 28.1 Å². The molecule has 38 heavy (non-hydrogen) atoms. The van der Waals surface area contributed by atoms with E-state index in [2.05, 4.69) is 9.88 Å². The van der Waals surface area contributed by atoms with E-state index in [9.17, 15) is 23.4 Å². The molecule has 0 unspecified atom stereocenters. The van der Waals surface area contributed by atoms with Gasteiger partial charge in [-0.3, -0.25) is 4.98 Å². The lowest BCUT2D eigenvalue weighted by Gasteiger charge is -2.41. The molecule has 0 saturated carbocycles. The number of likely N-dealkylation sites (tertiary alicyclic amines) is 1. The molecule has 2 heterocycles. The first-order valence-electron chi connectivity index (χ1n) is 12.6. The number of methoxy groups -OCH3 is 1. The average Bonchev–Trinajstić information content (AvgIpc) is 2.92. The standard InChI is InChI=1S/C28H32ClF3N2O3S/c1-37-20-5-6-24-22(16-20)26(23(29)17-33-24)25(36)7-8-27(18-35)9-11-34(12-10-27)13-14-38-21-4-2-3-19(15-21)28(30,31)32/h2-6,15-17,25,35-36H,7-14,18H2,1H3/t25-/m0/s1. The van der Waals surface area contributed by atoms with Crippen molar-refractivity contribution in [3.05, 3.63) is 64.8 Å². The van der Waals surface area contributed by atoms with Gasteiger partial charge in [0, 0.05) is 40.9 Å². The SMILES string of the molecule is COc1ccc2ncc(Cl)c([C@@H](O)CCC3(CO)CCN(CCSc4cccc(C(F)(F)F)c4)CC3)c2c1. The second-order valence-corrected chi connectivity index (χ2v) is 11.4. The molecular formula is C28H32ClF3N2O3S. The van der Waals surface area contributed by atoms with Crippen molar-refractivity contribution in [2.75, 3.05) is 39.1 Å². The largest absolute Gasteiger partial charge is 0.497 e. The minimum absolute atomic E-state index is 0.0329. The lowest BCUT2D eigenvalue weighted by molar-refractivity contribution is -0.137. The van der Waals surface area contributed by atoms with E-state index in [0.717, 1.165) is 49.4 Å². The second-order valence-electron chi connectivity index (χ2n) is 9.83. The minimum Gasteiger partial charge on any atom is -0.497 e. The molecule has 2 aromatic carbocycles. The summed E-state index contributed by atoms with van der Waals surface area (Å²) in [5, 5.41) is 22.5. The Morgan fingerprint density at radius 1 is 1.18 bits per heavy atom. The number of thioether (sulfide) groups is 1. The lowest BCUT2D eigenvalue weighted by atomic mass is 9.74. The van der Waals surface area contributed by atoms with E-state index in [1.807, 2.05) is 18.2 Å². The van der Waals surface area contributed by atoms with Crippen LogP contribution in [0.5, 0.6) is 5.75 Å². The van der Waals surface area contributed by atoms with Gasteiger partial charge in [0.25, 0.3) is 0 Å². The molecule has 1 saturated heterocycles. The molecule has 10 heteroatoms. The van der Waals surface area contributed by atoms with E-state index in [0.29, 0.717) is 39.8 Å². The maximum absolute atomic E-state index is 12.9. The third kappa shape index (κ3) is 6.93. The fraction of sp³-hybridized carbons (Fsp3) is 0.464. The molecule has 1 fully saturated rings. The van der Waals surface area contributed by atoms with Gasteiger partial charge in [-0.1, -0.05) is 17.7 Å². The first-order valence-corrected chi connectivity index (χ1v) is 13.9. The fourth-order valence-electron chi connectivity index (χ4n) is 5.01. The first-order chi connectivity index (χ1) is 18.1. The zero-order chi connectivity index (χ0) is 27.3. The van der Waals surface area contributed by atoms with E-state index in [1.165, 1.54) is 23.9 Å². The van der Waals surface area contributed by atoms with Gasteiger partial charge in [0.05, 0.1) is 29.3 Å². The van der Waals surface area contributed by atoms with Gasteiger partial charge in [-0.25, -0.2) is 0 Å². The summed E-state index contributed by atoms with van der Waals surface area (Å²) in [4.78, 5) is 7.24. The molecule has 2 N–H and O–H groups in total. The number of aromatic nitrogens is 1. The Kier molecular flexibility index (Phi) is 9.47. The van der Waals surface area contributed by atoms with Crippen LogP contribution >= 0.6 is 23.4 Å². The Labute approximate surface area is 230 Å². The van der Waals surface area contributed by atoms with Crippen LogP contribution in [0, 0.1) is 5.41 Å². The Hall–Kier alpha value is -2.04. The number of ether oxygens (including phenoxy) is 1. The molecule has 0 spiro atoms. The number of halogens is 4. The Morgan fingerprint density at radius 2 is 1.95 bits per heavy atom. The predicted octanol–water partition coefficient (Wildman–Crippen LogP) is 6.60. The quantitative estimate of drug-likeness (QED) is 0.269. The van der Waals surface area contributed by atoms with E-state index in [-0.39, 0.29) is 12.0 Å². The normalized spacial score (nSPS) is 17.0. The van der Waals surface area contributed by atoms with Crippen molar-refractivity contribution in [3.8, 4) is 5.75 Å². The number of benzene rings is 2. The third-order valence-electron chi connectivity index (χ3n) is 7.44. The van der Waals surface area contributed by atoms with Crippen molar-refractivity contribution in [1.82, 2.24) is 9.88 Å². The number of nitrogens with zero attached hydrogens (tertiary/aromatic N) is 2. The van der Waals surface area contributed by atoms with Gasteiger partial charge in [-0.05, 0) is 80.6 Å². The van der Waals surface area contributed by atoms with E-state index in [1.54, 1.807) is 19.4 Å². The van der Waals surface area contributed by atoms with Crippen LogP contribution in [0.4, 0.5) is 13.2 Å². The van der Waals surface area contributed by atoms with Crippen LogP contribution in [-0.4, -0.2) is 59.2 Å². The van der Waals surface area contributed by atoms with Gasteiger partial charge < -0.3 is 19.8 Å². The molecular weight excluding hydrogens is 537 g/mol. The van der Waals surface area contributed by atoms with Crippen molar-refractivity contribution in [2.24, 2.45) is 5.41 Å². The van der Waals surface area contributed by atoms with Crippen LogP contribution < -0.4 is 4.74 Å². The predicted molar refractivity (Wildman–Crippen MR) is 145 cm³/mol. The summed E-state index contributed by atoms with van der Waals surface area (Å²) in [5.41, 5.74) is 0.416. The summed E-state index contributed by atoms with van der Waals surface area (Å²) in [7, 11) is 1.58. The monoisotopic (exact) mass is 568 g/mol. The summed E-state index contributed by atoms with van der Waals surface area (Å²) >= 11 is 7.87. The highest BCUT2D eigenvalue weighted by atomic mass is 35.5.